The molecule has 5 heteroatoms. The number of hydrogen-bond acceptors (Lipinski definition) is 4. The second-order valence-electron chi connectivity index (χ2n) is 28.1. The first-order valence-electron chi connectivity index (χ1n) is 38.6. The molecule has 0 N–H and O–H groups in total. The Morgan fingerprint density at radius 3 is 0.575 bits per heavy atom. The van der Waals surface area contributed by atoms with E-state index in [0.29, 0.717) is 0 Å². The predicted molar refractivity (Wildman–Crippen MR) is 484 cm³/mol. The van der Waals surface area contributed by atoms with Crippen LogP contribution >= 0.6 is 0 Å². The number of benzene rings is 17. The number of fused-ring (bicyclic) bond motifs is 3. The van der Waals surface area contributed by atoms with Gasteiger partial charge in [-0.05, 0) is 231 Å². The summed E-state index contributed by atoms with van der Waals surface area (Å²) in [6.07, 6.45) is 4.24. The fraction of sp³-hybridized carbons (Fsp3) is 0.0370. The zero-order valence-corrected chi connectivity index (χ0v) is 64.2. The van der Waals surface area contributed by atoms with Crippen molar-refractivity contribution in [1.29, 1.82) is 0 Å². The molecule has 0 aliphatic heterocycles. The van der Waals surface area contributed by atoms with Crippen LogP contribution in [0.25, 0.3) is 61.9 Å². The molecule has 18 rings (SSSR count). The summed E-state index contributed by atoms with van der Waals surface area (Å²) in [4.78, 5) is 9.19. The van der Waals surface area contributed by atoms with Crippen LogP contribution in [0.1, 0.15) is 33.4 Å². The molecule has 18 aromatic rings. The highest BCUT2D eigenvalue weighted by molar-refractivity contribution is 6.09. The summed E-state index contributed by atoms with van der Waals surface area (Å²) < 4.78 is 2.32. The Hall–Kier alpha value is -14.5. The van der Waals surface area contributed by atoms with E-state index in [4.69, 9.17) is 0 Å². The molecule has 0 amide bonds. The third-order valence-electron chi connectivity index (χ3n) is 20.1. The van der Waals surface area contributed by atoms with Crippen LogP contribution in [0.2, 0.25) is 0 Å². The van der Waals surface area contributed by atoms with Crippen molar-refractivity contribution < 1.29 is 0 Å². The number of rotatable bonds is 17. The molecule has 0 bridgehead atoms. The van der Waals surface area contributed by atoms with Crippen LogP contribution in [-0.2, 0) is 0 Å². The topological polar surface area (TPSA) is 17.9 Å². The lowest BCUT2D eigenvalue weighted by Gasteiger charge is -2.26. The Morgan fingerprint density at radius 1 is 0.168 bits per heavy atom. The zero-order valence-electron chi connectivity index (χ0n) is 64.2. The number of hydrogen-bond donors (Lipinski definition) is 0. The van der Waals surface area contributed by atoms with Crippen molar-refractivity contribution in [2.24, 2.45) is 0 Å². The molecule has 113 heavy (non-hydrogen) atoms. The standard InChI is InChI=1S/C40H36N2.C36H28N2.C18H13N.C14H12/c1-29-5-17-35(18-6-29)41(36-19-7-30(2)8-20-36)39-25-13-33(14-26-39)34-15-27-40(28-16-34)42(37-21-9-31(3)10-22-37)38-23-11-32(4)12-24-38;1-5-13-31(14-6-1)37(32-15-7-2-8-16-32)35-25-21-29(22-26-35)30-23-27-36(28-24-30)38(33-17-9-3-10-18-33)34-19-11-4-12-20-34;1-2-8-14(9-3-1)19-17-12-6-4-10-15(17)16-11-5-7-13-18(16)19;1-3-7-13(8-4-1)11-12-14-9-5-2-6-10-14/h5-28H,1-4H3;1-28H;1-13H;1-12H. The highest BCUT2D eigenvalue weighted by atomic mass is 15.2. The molecule has 0 saturated heterocycles. The second kappa shape index (κ2) is 36.1. The monoisotopic (exact) mass is 1460 g/mol. The van der Waals surface area contributed by atoms with Crippen LogP contribution in [0, 0.1) is 27.7 Å². The predicted octanol–water partition coefficient (Wildman–Crippen LogP) is 30.5. The first kappa shape index (κ1) is 74.0. The Morgan fingerprint density at radius 2 is 0.345 bits per heavy atom. The lowest BCUT2D eigenvalue weighted by molar-refractivity contribution is 1.18. The third kappa shape index (κ3) is 18.3. The van der Waals surface area contributed by atoms with Gasteiger partial charge in [0.15, 0.2) is 0 Å². The largest absolute Gasteiger partial charge is 0.311 e. The van der Waals surface area contributed by atoms with Gasteiger partial charge in [0, 0.05) is 84.7 Å². The van der Waals surface area contributed by atoms with Gasteiger partial charge in [0.25, 0.3) is 0 Å². The van der Waals surface area contributed by atoms with E-state index >= 15 is 0 Å². The molecule has 0 radical (unpaired) electrons. The van der Waals surface area contributed by atoms with E-state index in [9.17, 15) is 0 Å². The van der Waals surface area contributed by atoms with Gasteiger partial charge in [0.2, 0.25) is 0 Å². The van der Waals surface area contributed by atoms with Crippen molar-refractivity contribution in [3.8, 4) is 27.9 Å². The quantitative estimate of drug-likeness (QED) is 0.0845. The van der Waals surface area contributed by atoms with Crippen LogP contribution in [0.4, 0.5) is 68.2 Å². The van der Waals surface area contributed by atoms with Gasteiger partial charge >= 0.3 is 0 Å². The van der Waals surface area contributed by atoms with Gasteiger partial charge in [-0.25, -0.2) is 0 Å². The molecule has 1 heterocycles. The van der Waals surface area contributed by atoms with Crippen molar-refractivity contribution in [3.05, 3.63) is 488 Å². The molecule has 0 aliphatic rings. The molecule has 0 aliphatic carbocycles. The van der Waals surface area contributed by atoms with E-state index < -0.39 is 0 Å². The first-order valence-corrected chi connectivity index (χ1v) is 38.6. The van der Waals surface area contributed by atoms with Gasteiger partial charge in [0.1, 0.15) is 0 Å². The van der Waals surface area contributed by atoms with Gasteiger partial charge in [-0.1, -0.05) is 320 Å². The Labute approximate surface area is 666 Å². The van der Waals surface area contributed by atoms with Crippen LogP contribution in [-0.4, -0.2) is 4.57 Å². The summed E-state index contributed by atoms with van der Waals surface area (Å²) in [6, 6.07) is 161. The third-order valence-corrected chi connectivity index (χ3v) is 20.1. The van der Waals surface area contributed by atoms with Crippen molar-refractivity contribution in [2.45, 2.75) is 27.7 Å². The van der Waals surface area contributed by atoms with Crippen LogP contribution in [0.15, 0.2) is 455 Å². The van der Waals surface area contributed by atoms with Crippen molar-refractivity contribution >= 4 is 102 Å². The number of anilines is 12. The van der Waals surface area contributed by atoms with E-state index in [1.165, 1.54) is 83.1 Å². The Balaban J connectivity index is 0.000000129. The van der Waals surface area contributed by atoms with E-state index in [1.54, 1.807) is 0 Å². The van der Waals surface area contributed by atoms with E-state index in [2.05, 4.69) is 483 Å². The summed E-state index contributed by atoms with van der Waals surface area (Å²) in [5, 5.41) is 2.61. The highest BCUT2D eigenvalue weighted by Gasteiger charge is 2.18. The summed E-state index contributed by atoms with van der Waals surface area (Å²) in [6.45, 7) is 8.50. The molecule has 5 nitrogen and oxygen atoms in total. The van der Waals surface area contributed by atoms with E-state index in [-0.39, 0.29) is 0 Å². The molecule has 0 unspecified atom stereocenters. The minimum atomic E-state index is 1.13. The first-order chi connectivity index (χ1) is 55.7. The maximum Gasteiger partial charge on any atom is 0.0541 e. The SMILES string of the molecule is C(=Cc1ccccc1)c1ccccc1.Cc1ccc(N(c2ccc(C)cc2)c2ccc(-c3ccc(N(c4ccc(C)cc4)c4ccc(C)cc4)cc3)cc2)cc1.c1ccc(-n2c3ccccc3c3ccccc32)cc1.c1ccc(N(c2ccccc2)c2ccc(-c3ccc(N(c4ccccc4)c4ccccc4)cc3)cc2)cc1. The van der Waals surface area contributed by atoms with E-state index in [1.807, 2.05) is 36.4 Å². The average Bonchev–Trinajstić information content (AvgIpc) is 1.60. The second-order valence-corrected chi connectivity index (χ2v) is 28.1. The number of para-hydroxylation sites is 7. The summed E-state index contributed by atoms with van der Waals surface area (Å²) in [5.41, 5.74) is 29.6. The average molecular weight is 1460 g/mol. The minimum absolute atomic E-state index is 1.13. The molecule has 17 aromatic carbocycles. The fourth-order valence-electron chi connectivity index (χ4n) is 14.2. The summed E-state index contributed by atoms with van der Waals surface area (Å²) in [7, 11) is 0. The van der Waals surface area contributed by atoms with Crippen LogP contribution < -0.4 is 19.6 Å². The van der Waals surface area contributed by atoms with Gasteiger partial charge < -0.3 is 24.2 Å². The molecule has 0 saturated carbocycles. The van der Waals surface area contributed by atoms with Gasteiger partial charge in [-0.3, -0.25) is 0 Å². The van der Waals surface area contributed by atoms with Crippen LogP contribution in [0.3, 0.4) is 0 Å². The molecular formula is C108H89N5. The molecule has 0 fully saturated rings. The van der Waals surface area contributed by atoms with Gasteiger partial charge in [-0.15, -0.1) is 0 Å². The number of aryl methyl sites for hydroxylation is 4. The Kier molecular flexibility index (Phi) is 23.6. The van der Waals surface area contributed by atoms with Gasteiger partial charge in [0.05, 0.1) is 11.0 Å². The normalized spacial score (nSPS) is 10.8. The molecule has 0 atom stereocenters. The van der Waals surface area contributed by atoms with Crippen molar-refractivity contribution in [2.75, 3.05) is 19.6 Å². The number of aromatic nitrogens is 1. The fourth-order valence-corrected chi connectivity index (χ4v) is 14.2. The molecular weight excluding hydrogens is 1370 g/mol. The lowest BCUT2D eigenvalue weighted by atomic mass is 10.0. The van der Waals surface area contributed by atoms with E-state index in [0.717, 1.165) is 68.2 Å². The maximum atomic E-state index is 2.32. The Bertz CT molecular complexity index is 5460. The zero-order chi connectivity index (χ0) is 76.9. The molecule has 546 valence electrons. The maximum absolute atomic E-state index is 2.32. The molecule has 0 spiro atoms. The van der Waals surface area contributed by atoms with Crippen LogP contribution in [0.5, 0.6) is 0 Å². The highest BCUT2D eigenvalue weighted by Crippen LogP contribution is 2.42. The van der Waals surface area contributed by atoms with Gasteiger partial charge in [-0.2, -0.15) is 0 Å². The minimum Gasteiger partial charge on any atom is -0.311 e. The summed E-state index contributed by atoms with van der Waals surface area (Å²) in [5.74, 6) is 0. The van der Waals surface area contributed by atoms with Crippen molar-refractivity contribution in [3.63, 3.8) is 0 Å². The number of nitrogens with zero attached hydrogens (tertiary/aromatic N) is 5. The smallest absolute Gasteiger partial charge is 0.0541 e. The van der Waals surface area contributed by atoms with Crippen molar-refractivity contribution in [1.82, 2.24) is 4.57 Å². The summed E-state index contributed by atoms with van der Waals surface area (Å²) >= 11 is 0. The lowest BCUT2D eigenvalue weighted by Crippen LogP contribution is -2.10. The molecule has 1 aromatic heterocycles.